The number of nitrogens with two attached hydrogens (primary N) is 1. The van der Waals surface area contributed by atoms with Gasteiger partial charge in [-0.05, 0) is 19.3 Å². The normalized spacial score (nSPS) is 15.8. The second kappa shape index (κ2) is 7.02. The number of Topliss-reactive ketones (excluding diaryl/α,β-unsaturated/α-hetero) is 1. The van der Waals surface area contributed by atoms with Gasteiger partial charge in [-0.1, -0.05) is 12.1 Å². The Morgan fingerprint density at radius 3 is 2.62 bits per heavy atom. The van der Waals surface area contributed by atoms with Gasteiger partial charge in [0.1, 0.15) is 0 Å². The Balaban J connectivity index is 1.91. The second-order valence-electron chi connectivity index (χ2n) is 5.69. The molecule has 1 heterocycles. The lowest BCUT2D eigenvalue weighted by Gasteiger charge is -2.15. The van der Waals surface area contributed by atoms with Gasteiger partial charge in [0, 0.05) is 18.8 Å². The predicted molar refractivity (Wildman–Crippen MR) is 76.2 cm³/mol. The van der Waals surface area contributed by atoms with Gasteiger partial charge < -0.3 is 15.6 Å². The Kier molecular flexibility index (Phi) is 5.25. The van der Waals surface area contributed by atoms with Crippen molar-refractivity contribution in [3.05, 3.63) is 11.7 Å². The summed E-state index contributed by atoms with van der Waals surface area (Å²) in [6.45, 7) is 1.64. The lowest BCUT2D eigenvalue weighted by molar-refractivity contribution is -0.143. The number of amides is 2. The molecule has 0 unspecified atom stereocenters. The highest BCUT2D eigenvalue weighted by Gasteiger charge is 2.37. The molecular formula is C14H18F2N4O4. The number of hydrogen-bond acceptors (Lipinski definition) is 6. The molecular weight excluding hydrogens is 326 g/mol. The Morgan fingerprint density at radius 1 is 1.42 bits per heavy atom. The summed E-state index contributed by atoms with van der Waals surface area (Å²) in [6.07, 6.45) is 0.435. The van der Waals surface area contributed by atoms with Crippen LogP contribution in [-0.2, 0) is 9.59 Å². The number of nitrogens with zero attached hydrogens (tertiary/aromatic N) is 2. The highest BCUT2D eigenvalue weighted by atomic mass is 19.3. The van der Waals surface area contributed by atoms with Gasteiger partial charge in [0.25, 0.3) is 11.8 Å². The molecule has 1 aliphatic rings. The van der Waals surface area contributed by atoms with E-state index in [1.807, 2.05) is 0 Å². The molecule has 1 fully saturated rings. The predicted octanol–water partition coefficient (Wildman–Crippen LogP) is 0.925. The quantitative estimate of drug-likeness (QED) is 0.641. The largest absolute Gasteiger partial charge is 0.364 e. The standard InChI is InChI=1S/C14H18F2N4O4/c1-2-8(18-9(21)5-6-14(15,16)13(17)23)10(22)12-19-11(20-24-12)7-3-4-7/h7-8H,2-6H2,1H3,(H2,17,23)(H,18,21)/t8-/m0/s1. The van der Waals surface area contributed by atoms with Crippen molar-refractivity contribution in [2.75, 3.05) is 0 Å². The van der Waals surface area contributed by atoms with Gasteiger partial charge in [-0.15, -0.1) is 0 Å². The maximum atomic E-state index is 13.1. The van der Waals surface area contributed by atoms with E-state index in [0.29, 0.717) is 5.82 Å². The van der Waals surface area contributed by atoms with Crippen molar-refractivity contribution in [1.29, 1.82) is 0 Å². The van der Waals surface area contributed by atoms with E-state index in [1.165, 1.54) is 0 Å². The average molecular weight is 344 g/mol. The molecule has 3 N–H and O–H groups in total. The lowest BCUT2D eigenvalue weighted by atomic mass is 10.1. The molecule has 0 aliphatic heterocycles. The van der Waals surface area contributed by atoms with Gasteiger partial charge in [-0.2, -0.15) is 13.8 Å². The first-order valence-electron chi connectivity index (χ1n) is 7.59. The van der Waals surface area contributed by atoms with Crippen molar-refractivity contribution in [3.8, 4) is 0 Å². The minimum absolute atomic E-state index is 0.209. The van der Waals surface area contributed by atoms with Crippen LogP contribution in [0.3, 0.4) is 0 Å². The molecule has 0 saturated heterocycles. The number of hydrogen-bond donors (Lipinski definition) is 2. The number of halogens is 2. The van der Waals surface area contributed by atoms with Crippen LogP contribution in [0.1, 0.15) is 61.5 Å². The molecule has 132 valence electrons. The van der Waals surface area contributed by atoms with Crippen molar-refractivity contribution < 1.29 is 27.7 Å². The zero-order valence-electron chi connectivity index (χ0n) is 13.1. The van der Waals surface area contributed by atoms with Crippen LogP contribution in [0.15, 0.2) is 4.52 Å². The molecule has 1 aromatic rings. The van der Waals surface area contributed by atoms with Crippen LogP contribution in [0.5, 0.6) is 0 Å². The molecule has 1 saturated carbocycles. The van der Waals surface area contributed by atoms with E-state index in [2.05, 4.69) is 21.2 Å². The van der Waals surface area contributed by atoms with Crippen LogP contribution in [0.2, 0.25) is 0 Å². The summed E-state index contributed by atoms with van der Waals surface area (Å²) in [4.78, 5) is 38.5. The molecule has 2 amide bonds. The van der Waals surface area contributed by atoms with Gasteiger partial charge in [-0.3, -0.25) is 14.4 Å². The van der Waals surface area contributed by atoms with E-state index in [9.17, 15) is 23.2 Å². The maximum absolute atomic E-state index is 13.1. The number of aromatic nitrogens is 2. The number of nitrogens with one attached hydrogen (secondary N) is 1. The summed E-state index contributed by atoms with van der Waals surface area (Å²) < 4.78 is 31.1. The molecule has 2 rings (SSSR count). The van der Waals surface area contributed by atoms with E-state index in [4.69, 9.17) is 4.52 Å². The number of carbonyl (C=O) groups excluding carboxylic acids is 3. The fourth-order valence-electron chi connectivity index (χ4n) is 2.00. The first kappa shape index (κ1) is 18.0. The van der Waals surface area contributed by atoms with E-state index in [0.717, 1.165) is 12.8 Å². The molecule has 1 aromatic heterocycles. The fourth-order valence-corrected chi connectivity index (χ4v) is 2.00. The fraction of sp³-hybridized carbons (Fsp3) is 0.643. The zero-order valence-corrected chi connectivity index (χ0v) is 13.1. The number of alkyl halides is 2. The third-order valence-corrected chi connectivity index (χ3v) is 3.68. The minimum Gasteiger partial charge on any atom is -0.364 e. The summed E-state index contributed by atoms with van der Waals surface area (Å²) in [5.74, 6) is -6.48. The third-order valence-electron chi connectivity index (χ3n) is 3.68. The van der Waals surface area contributed by atoms with E-state index in [-0.39, 0.29) is 18.2 Å². The van der Waals surface area contributed by atoms with Crippen molar-refractivity contribution in [2.45, 2.75) is 56.9 Å². The van der Waals surface area contributed by atoms with Gasteiger partial charge in [-0.25, -0.2) is 0 Å². The van der Waals surface area contributed by atoms with Gasteiger partial charge in [0.15, 0.2) is 5.82 Å². The highest BCUT2D eigenvalue weighted by molar-refractivity contribution is 5.98. The molecule has 24 heavy (non-hydrogen) atoms. The molecule has 0 aromatic carbocycles. The summed E-state index contributed by atoms with van der Waals surface area (Å²) in [7, 11) is 0. The lowest BCUT2D eigenvalue weighted by Crippen LogP contribution is -2.42. The van der Waals surface area contributed by atoms with E-state index >= 15 is 0 Å². The zero-order chi connectivity index (χ0) is 17.9. The number of rotatable bonds is 9. The van der Waals surface area contributed by atoms with E-state index in [1.54, 1.807) is 6.92 Å². The maximum Gasteiger partial charge on any atom is 0.324 e. The van der Waals surface area contributed by atoms with Crippen molar-refractivity contribution >= 4 is 17.6 Å². The molecule has 1 atom stereocenters. The Bertz CT molecular complexity index is 642. The molecule has 1 aliphatic carbocycles. The van der Waals surface area contributed by atoms with Gasteiger partial charge >= 0.3 is 5.92 Å². The number of primary amides is 1. The van der Waals surface area contributed by atoms with Crippen LogP contribution in [-0.4, -0.2) is 39.7 Å². The summed E-state index contributed by atoms with van der Waals surface area (Å²) in [5, 5.41) is 6.04. The van der Waals surface area contributed by atoms with Crippen molar-refractivity contribution in [1.82, 2.24) is 15.5 Å². The molecule has 0 radical (unpaired) electrons. The molecule has 0 bridgehead atoms. The van der Waals surface area contributed by atoms with Crippen LogP contribution < -0.4 is 11.1 Å². The summed E-state index contributed by atoms with van der Waals surface area (Å²) >= 11 is 0. The SMILES string of the molecule is CC[C@H](NC(=O)CCC(F)(F)C(N)=O)C(=O)c1nc(C2CC2)no1. The molecule has 10 heteroatoms. The molecule has 8 nitrogen and oxygen atoms in total. The first-order chi connectivity index (χ1) is 11.2. The smallest absolute Gasteiger partial charge is 0.324 e. The number of carbonyl (C=O) groups is 3. The topological polar surface area (TPSA) is 128 Å². The van der Waals surface area contributed by atoms with Gasteiger partial charge in [0.05, 0.1) is 6.04 Å². The van der Waals surface area contributed by atoms with Gasteiger partial charge in [0.2, 0.25) is 11.7 Å². The molecule has 0 spiro atoms. The Morgan fingerprint density at radius 2 is 2.08 bits per heavy atom. The van der Waals surface area contributed by atoms with Crippen LogP contribution in [0, 0.1) is 0 Å². The van der Waals surface area contributed by atoms with Crippen molar-refractivity contribution in [2.24, 2.45) is 5.73 Å². The van der Waals surface area contributed by atoms with Crippen LogP contribution in [0.25, 0.3) is 0 Å². The summed E-state index contributed by atoms with van der Waals surface area (Å²) in [6, 6.07) is -0.966. The second-order valence-corrected chi connectivity index (χ2v) is 5.69. The number of ketones is 1. The van der Waals surface area contributed by atoms with Crippen LogP contribution in [0.4, 0.5) is 8.78 Å². The third kappa shape index (κ3) is 4.33. The van der Waals surface area contributed by atoms with E-state index < -0.39 is 42.4 Å². The minimum atomic E-state index is -3.77. The highest BCUT2D eigenvalue weighted by Crippen LogP contribution is 2.38. The summed E-state index contributed by atoms with van der Waals surface area (Å²) in [5.41, 5.74) is 4.54. The first-order valence-corrected chi connectivity index (χ1v) is 7.59. The average Bonchev–Trinajstić information content (AvgIpc) is 3.27. The Labute approximate surface area is 136 Å². The van der Waals surface area contributed by atoms with Crippen molar-refractivity contribution in [3.63, 3.8) is 0 Å². The monoisotopic (exact) mass is 344 g/mol. The van der Waals surface area contributed by atoms with Crippen LogP contribution >= 0.6 is 0 Å². The Hall–Kier alpha value is -2.39.